The third-order valence-corrected chi connectivity index (χ3v) is 13.9. The van der Waals surface area contributed by atoms with E-state index in [1.54, 1.807) is 0 Å². The smallest absolute Gasteiger partial charge is 0.319 e. The van der Waals surface area contributed by atoms with Gasteiger partial charge in [-0.2, -0.15) is 0 Å². The molecule has 8 rings (SSSR count). The van der Waals surface area contributed by atoms with Gasteiger partial charge in [0.25, 0.3) is 11.8 Å². The van der Waals surface area contributed by atoms with Crippen LogP contribution in [0.5, 0.6) is 0 Å². The van der Waals surface area contributed by atoms with Gasteiger partial charge in [-0.3, -0.25) is 39.4 Å². The van der Waals surface area contributed by atoms with E-state index in [0.717, 1.165) is 63.0 Å². The summed E-state index contributed by atoms with van der Waals surface area (Å²) in [7, 11) is 3.97. The molecule has 0 bridgehead atoms. The van der Waals surface area contributed by atoms with Crippen LogP contribution < -0.4 is 36.8 Å². The molecular weight excluding hydrogens is 885 g/mol. The van der Waals surface area contributed by atoms with Crippen molar-refractivity contribution in [1.29, 1.82) is 0 Å². The standard InChI is InChI=1S/C24H29N5O4S.C22H25N5O4S/c1-4-28(5-2)18-7-6-16(10-14(18)3)26-24(33)25-12-17-11-15-13-29(23(32)21(15)34-17)19-8-9-20(30)27-22(19)31;1-26(2)11-13-4-3-5-15(8-13)24-22(31)23-10-16-9-14-12-27(21(30)19(14)32-16)17-6-7-18(28)25-20(17)29/h6-7,10-11,19H,4-5,8-9,12-13H2,1-3H3,(H2,25,26,33)(H,27,30,31);3-5,8-9,17H,6-7,10-12H2,1-2H3,(H2,23,24,31)(H,25,28,29). The second-order valence-corrected chi connectivity index (χ2v) is 18.9. The number of thiophene rings is 2. The van der Waals surface area contributed by atoms with Crippen LogP contribution in [0.15, 0.2) is 54.6 Å². The van der Waals surface area contributed by atoms with Crippen molar-refractivity contribution in [3.05, 3.63) is 96.4 Å². The Bertz CT molecular complexity index is 2570. The highest BCUT2D eigenvalue weighted by atomic mass is 32.1. The molecule has 4 aliphatic heterocycles. The maximum atomic E-state index is 12.8. The lowest BCUT2D eigenvalue weighted by molar-refractivity contribution is -0.138. The van der Waals surface area contributed by atoms with Gasteiger partial charge in [-0.05, 0) is 112 Å². The maximum Gasteiger partial charge on any atom is 0.319 e. The molecule has 2 saturated heterocycles. The van der Waals surface area contributed by atoms with Gasteiger partial charge in [-0.25, -0.2) is 9.59 Å². The van der Waals surface area contributed by atoms with Crippen molar-refractivity contribution in [3.8, 4) is 0 Å². The molecule has 2 unspecified atom stereocenters. The molecule has 20 heteroatoms. The topological polar surface area (TPSA) is 222 Å². The lowest BCUT2D eigenvalue weighted by Gasteiger charge is -2.29. The molecule has 2 atom stereocenters. The Labute approximate surface area is 390 Å². The van der Waals surface area contributed by atoms with Gasteiger partial charge in [-0.1, -0.05) is 12.1 Å². The van der Waals surface area contributed by atoms with Crippen molar-refractivity contribution in [2.45, 2.75) is 91.3 Å². The average molecular weight is 939 g/mol. The number of carbonyl (C=O) groups excluding carboxylic acids is 8. The molecule has 0 aliphatic carbocycles. The summed E-state index contributed by atoms with van der Waals surface area (Å²) in [6, 6.07) is 15.4. The van der Waals surface area contributed by atoms with Crippen LogP contribution in [0.25, 0.3) is 0 Å². The minimum Gasteiger partial charge on any atom is -0.372 e. The fourth-order valence-electron chi connectivity index (χ4n) is 8.43. The number of anilines is 3. The number of aryl methyl sites for hydroxylation is 1. The maximum absolute atomic E-state index is 12.8. The van der Waals surface area contributed by atoms with Gasteiger partial charge in [0, 0.05) is 72.4 Å². The van der Waals surface area contributed by atoms with Crippen molar-refractivity contribution in [1.82, 2.24) is 36.0 Å². The number of hydrogen-bond donors (Lipinski definition) is 6. The number of piperidine rings is 2. The summed E-state index contributed by atoms with van der Waals surface area (Å²) in [5.74, 6) is -1.84. The summed E-state index contributed by atoms with van der Waals surface area (Å²) in [5.41, 5.74) is 6.47. The Hall–Kier alpha value is -6.64. The van der Waals surface area contributed by atoms with Crippen LogP contribution in [0, 0.1) is 6.92 Å². The van der Waals surface area contributed by atoms with E-state index in [0.29, 0.717) is 54.5 Å². The number of imide groups is 2. The summed E-state index contributed by atoms with van der Waals surface area (Å²) < 4.78 is 0. The second kappa shape index (κ2) is 20.7. The fraction of sp³-hybridized carbons (Fsp3) is 0.391. The van der Waals surface area contributed by atoms with E-state index in [-0.39, 0.29) is 48.5 Å². The zero-order chi connectivity index (χ0) is 47.2. The van der Waals surface area contributed by atoms with Crippen LogP contribution in [0.4, 0.5) is 26.7 Å². The third-order valence-electron chi connectivity index (χ3n) is 11.6. The van der Waals surface area contributed by atoms with Crippen molar-refractivity contribution >= 4 is 87.2 Å². The molecule has 348 valence electrons. The van der Waals surface area contributed by atoms with Crippen LogP contribution in [0.1, 0.15) is 90.9 Å². The lowest BCUT2D eigenvalue weighted by Crippen LogP contribution is -2.52. The third kappa shape index (κ3) is 11.1. The van der Waals surface area contributed by atoms with Crippen molar-refractivity contribution in [2.75, 3.05) is 42.7 Å². The molecule has 18 nitrogen and oxygen atoms in total. The van der Waals surface area contributed by atoms with E-state index in [1.807, 2.05) is 75.6 Å². The highest BCUT2D eigenvalue weighted by Crippen LogP contribution is 2.35. The summed E-state index contributed by atoms with van der Waals surface area (Å²) >= 11 is 2.64. The number of carbonyl (C=O) groups is 8. The molecule has 10 amide bonds. The Morgan fingerprint density at radius 1 is 0.697 bits per heavy atom. The predicted molar refractivity (Wildman–Crippen MR) is 251 cm³/mol. The molecule has 6 N–H and O–H groups in total. The molecule has 2 aromatic heterocycles. The van der Waals surface area contributed by atoms with Gasteiger partial charge in [0.15, 0.2) is 0 Å². The summed E-state index contributed by atoms with van der Waals surface area (Å²) in [5, 5.41) is 16.0. The summed E-state index contributed by atoms with van der Waals surface area (Å²) in [6.45, 7) is 10.1. The molecule has 0 spiro atoms. The van der Waals surface area contributed by atoms with E-state index in [9.17, 15) is 38.4 Å². The first kappa shape index (κ1) is 47.3. The first-order valence-electron chi connectivity index (χ1n) is 21.8. The zero-order valence-corrected chi connectivity index (χ0v) is 39.1. The summed E-state index contributed by atoms with van der Waals surface area (Å²) in [4.78, 5) is 108. The SMILES string of the molecule is CCN(CC)c1ccc(NC(=O)NCc2cc3c(s2)C(=O)N(C2CCC(=O)NC2=O)C3)cc1C.CN(C)Cc1cccc(NC(=O)NCc2cc3c(s2)C(=O)N(C2CCC(=O)NC2=O)C3)c1. The monoisotopic (exact) mass is 938 g/mol. The van der Waals surface area contributed by atoms with E-state index >= 15 is 0 Å². The van der Waals surface area contributed by atoms with Gasteiger partial charge in [0.1, 0.15) is 12.1 Å². The molecule has 66 heavy (non-hydrogen) atoms. The number of hydrogen-bond acceptors (Lipinski definition) is 12. The fourth-order valence-corrected chi connectivity index (χ4v) is 10.6. The van der Waals surface area contributed by atoms with E-state index in [4.69, 9.17) is 0 Å². The van der Waals surface area contributed by atoms with Crippen LogP contribution in [0.3, 0.4) is 0 Å². The normalized spacial score (nSPS) is 17.7. The van der Waals surface area contributed by atoms with Gasteiger partial charge in [0.05, 0.1) is 22.8 Å². The zero-order valence-electron chi connectivity index (χ0n) is 37.5. The molecule has 0 radical (unpaired) electrons. The van der Waals surface area contributed by atoms with Gasteiger partial charge in [-0.15, -0.1) is 22.7 Å². The average Bonchev–Trinajstić information content (AvgIpc) is 4.02. The van der Waals surface area contributed by atoms with Crippen molar-refractivity contribution in [2.24, 2.45) is 0 Å². The van der Waals surface area contributed by atoms with Gasteiger partial charge >= 0.3 is 12.1 Å². The Balaban J connectivity index is 0.000000197. The number of amides is 10. The van der Waals surface area contributed by atoms with Crippen LogP contribution in [0.2, 0.25) is 0 Å². The first-order chi connectivity index (χ1) is 31.6. The molecule has 2 fully saturated rings. The number of benzene rings is 2. The molecule has 4 aliphatic rings. The van der Waals surface area contributed by atoms with E-state index in [2.05, 4.69) is 55.5 Å². The first-order valence-corrected chi connectivity index (χ1v) is 23.4. The van der Waals surface area contributed by atoms with Gasteiger partial charge in [0.2, 0.25) is 23.6 Å². The highest BCUT2D eigenvalue weighted by molar-refractivity contribution is 7.14. The van der Waals surface area contributed by atoms with Gasteiger partial charge < -0.3 is 40.9 Å². The van der Waals surface area contributed by atoms with Crippen LogP contribution in [-0.4, -0.2) is 101 Å². The largest absolute Gasteiger partial charge is 0.372 e. The predicted octanol–water partition coefficient (Wildman–Crippen LogP) is 4.88. The minimum absolute atomic E-state index is 0.200. The number of rotatable bonds is 13. The molecule has 2 aromatic carbocycles. The Kier molecular flexibility index (Phi) is 14.8. The minimum atomic E-state index is -0.617. The molecular formula is C46H54N10O8S2. The molecule has 0 saturated carbocycles. The second-order valence-electron chi connectivity index (χ2n) is 16.7. The van der Waals surface area contributed by atoms with Crippen LogP contribution in [-0.2, 0) is 51.9 Å². The lowest BCUT2D eigenvalue weighted by atomic mass is 10.0. The Morgan fingerprint density at radius 2 is 1.20 bits per heavy atom. The number of urea groups is 2. The highest BCUT2D eigenvalue weighted by Gasteiger charge is 2.41. The number of nitrogens with one attached hydrogen (secondary N) is 6. The number of fused-ring (bicyclic) bond motifs is 2. The van der Waals surface area contributed by atoms with Crippen LogP contribution >= 0.6 is 22.7 Å². The molecule has 6 heterocycles. The van der Waals surface area contributed by atoms with E-state index in [1.165, 1.54) is 32.5 Å². The van der Waals surface area contributed by atoms with Crippen molar-refractivity contribution in [3.63, 3.8) is 0 Å². The Morgan fingerprint density at radius 3 is 1.64 bits per heavy atom. The number of nitrogens with zero attached hydrogens (tertiary/aromatic N) is 4. The van der Waals surface area contributed by atoms with E-state index < -0.39 is 23.9 Å². The quantitative estimate of drug-likeness (QED) is 0.0998. The molecule has 4 aromatic rings. The summed E-state index contributed by atoms with van der Waals surface area (Å²) in [6.07, 6.45) is 1.15. The van der Waals surface area contributed by atoms with Crippen molar-refractivity contribution < 1.29 is 38.4 Å².